The fourth-order valence-corrected chi connectivity index (χ4v) is 4.23. The molecule has 0 aromatic rings. The second-order valence-electron chi connectivity index (χ2n) is 7.01. The zero-order valence-electron chi connectivity index (χ0n) is 12.9. The summed E-state index contributed by atoms with van der Waals surface area (Å²) in [5, 5.41) is 3.78. The molecule has 3 aliphatic rings. The van der Waals surface area contributed by atoms with Crippen LogP contribution in [0.5, 0.6) is 0 Å². The van der Waals surface area contributed by atoms with Gasteiger partial charge in [0.1, 0.15) is 0 Å². The van der Waals surface area contributed by atoms with E-state index in [9.17, 15) is 0 Å². The van der Waals surface area contributed by atoms with Crippen molar-refractivity contribution < 1.29 is 9.47 Å². The van der Waals surface area contributed by atoms with Crippen molar-refractivity contribution in [2.75, 3.05) is 19.8 Å². The zero-order valence-corrected chi connectivity index (χ0v) is 12.9. The van der Waals surface area contributed by atoms with E-state index < -0.39 is 0 Å². The summed E-state index contributed by atoms with van der Waals surface area (Å²) in [6.45, 7) is 3.05. The Morgan fingerprint density at radius 2 is 1.85 bits per heavy atom. The molecule has 2 saturated heterocycles. The Labute approximate surface area is 123 Å². The first-order valence-electron chi connectivity index (χ1n) is 8.85. The predicted octanol–water partition coefficient (Wildman–Crippen LogP) is 3.42. The molecular formula is C17H31NO2. The van der Waals surface area contributed by atoms with Crippen LogP contribution in [0.25, 0.3) is 0 Å². The Morgan fingerprint density at radius 3 is 2.65 bits per heavy atom. The number of rotatable bonds is 4. The van der Waals surface area contributed by atoms with Crippen molar-refractivity contribution >= 4 is 0 Å². The van der Waals surface area contributed by atoms with Crippen molar-refractivity contribution in [2.24, 2.45) is 0 Å². The van der Waals surface area contributed by atoms with Gasteiger partial charge in [0.2, 0.25) is 0 Å². The third-order valence-electron chi connectivity index (χ3n) is 5.43. The summed E-state index contributed by atoms with van der Waals surface area (Å²) < 4.78 is 12.0. The maximum Gasteiger partial charge on any atom is 0.0697 e. The van der Waals surface area contributed by atoms with Crippen molar-refractivity contribution in [3.8, 4) is 0 Å². The molecule has 3 fully saturated rings. The molecule has 3 rings (SSSR count). The Morgan fingerprint density at radius 1 is 0.950 bits per heavy atom. The minimum Gasteiger partial charge on any atom is -0.378 e. The van der Waals surface area contributed by atoms with Crippen LogP contribution in [-0.4, -0.2) is 37.5 Å². The van der Waals surface area contributed by atoms with Crippen LogP contribution in [0.4, 0.5) is 0 Å². The lowest BCUT2D eigenvalue weighted by molar-refractivity contribution is -0.109. The molecule has 1 spiro atoms. The van der Waals surface area contributed by atoms with E-state index in [1.54, 1.807) is 0 Å². The van der Waals surface area contributed by atoms with E-state index in [0.29, 0.717) is 12.1 Å². The first kappa shape index (κ1) is 14.8. The quantitative estimate of drug-likeness (QED) is 0.856. The molecule has 1 saturated carbocycles. The highest BCUT2D eigenvalue weighted by molar-refractivity contribution is 4.92. The molecule has 0 radical (unpaired) electrons. The van der Waals surface area contributed by atoms with E-state index >= 15 is 0 Å². The van der Waals surface area contributed by atoms with Crippen molar-refractivity contribution in [2.45, 2.75) is 88.4 Å². The van der Waals surface area contributed by atoms with Crippen LogP contribution in [-0.2, 0) is 9.47 Å². The lowest BCUT2D eigenvalue weighted by Crippen LogP contribution is -2.48. The maximum atomic E-state index is 6.17. The van der Waals surface area contributed by atoms with E-state index in [-0.39, 0.29) is 5.60 Å². The van der Waals surface area contributed by atoms with Gasteiger partial charge >= 0.3 is 0 Å². The highest BCUT2D eigenvalue weighted by Crippen LogP contribution is 2.38. The van der Waals surface area contributed by atoms with E-state index in [0.717, 1.165) is 19.8 Å². The van der Waals surface area contributed by atoms with Gasteiger partial charge in [-0.3, -0.25) is 0 Å². The number of ether oxygens (including phenoxy) is 2. The van der Waals surface area contributed by atoms with Gasteiger partial charge in [-0.15, -0.1) is 0 Å². The fourth-order valence-electron chi connectivity index (χ4n) is 4.23. The molecule has 3 heteroatoms. The van der Waals surface area contributed by atoms with Crippen LogP contribution in [0, 0.1) is 0 Å². The van der Waals surface area contributed by atoms with Crippen LogP contribution in [0.1, 0.15) is 70.6 Å². The fraction of sp³-hybridized carbons (Fsp3) is 1.00. The Kier molecular flexibility index (Phi) is 5.36. The van der Waals surface area contributed by atoms with Crippen molar-refractivity contribution in [3.63, 3.8) is 0 Å². The van der Waals surface area contributed by atoms with Gasteiger partial charge in [-0.2, -0.15) is 0 Å². The zero-order chi connectivity index (χ0) is 13.7. The van der Waals surface area contributed by atoms with Gasteiger partial charge in [0.25, 0.3) is 0 Å². The molecule has 0 aromatic heterocycles. The SMILES string of the molecule is C1CCC2(CC1)CC(NCCC1CCCCO1)CCO2. The maximum absolute atomic E-state index is 6.17. The number of hydrogen-bond acceptors (Lipinski definition) is 3. The first-order chi connectivity index (χ1) is 9.86. The van der Waals surface area contributed by atoms with Crippen LogP contribution < -0.4 is 5.32 Å². The first-order valence-corrected chi connectivity index (χ1v) is 8.85. The van der Waals surface area contributed by atoms with Gasteiger partial charge in [-0.1, -0.05) is 19.3 Å². The number of nitrogens with one attached hydrogen (secondary N) is 1. The van der Waals surface area contributed by atoms with E-state index in [1.165, 1.54) is 70.6 Å². The molecule has 1 aliphatic carbocycles. The standard InChI is InChI=1S/C17H31NO2/c1-3-9-17(10-4-1)14-15(8-13-20-17)18-11-7-16-6-2-5-12-19-16/h15-16,18H,1-14H2. The minimum absolute atomic E-state index is 0.232. The normalized spacial score (nSPS) is 34.2. The molecule has 0 bridgehead atoms. The summed E-state index contributed by atoms with van der Waals surface area (Å²) in [7, 11) is 0. The highest BCUT2D eigenvalue weighted by Gasteiger charge is 2.38. The third-order valence-corrected chi connectivity index (χ3v) is 5.43. The van der Waals surface area contributed by atoms with Gasteiger partial charge in [0.15, 0.2) is 0 Å². The molecule has 2 unspecified atom stereocenters. The third kappa shape index (κ3) is 3.96. The average molecular weight is 281 g/mol. The minimum atomic E-state index is 0.232. The average Bonchev–Trinajstić information content (AvgIpc) is 2.49. The van der Waals surface area contributed by atoms with Gasteiger partial charge in [-0.05, 0) is 57.9 Å². The van der Waals surface area contributed by atoms with Crippen LogP contribution in [0.3, 0.4) is 0 Å². The van der Waals surface area contributed by atoms with Crippen LogP contribution in [0.2, 0.25) is 0 Å². The van der Waals surface area contributed by atoms with E-state index in [4.69, 9.17) is 9.47 Å². The summed E-state index contributed by atoms with van der Waals surface area (Å²) in [5.41, 5.74) is 0.232. The Balaban J connectivity index is 1.38. The van der Waals surface area contributed by atoms with E-state index in [1.807, 2.05) is 0 Å². The molecule has 0 amide bonds. The number of hydrogen-bond donors (Lipinski definition) is 1. The molecule has 2 aliphatic heterocycles. The molecule has 20 heavy (non-hydrogen) atoms. The smallest absolute Gasteiger partial charge is 0.0697 e. The van der Waals surface area contributed by atoms with Gasteiger partial charge in [0.05, 0.1) is 11.7 Å². The van der Waals surface area contributed by atoms with Crippen LogP contribution >= 0.6 is 0 Å². The predicted molar refractivity (Wildman–Crippen MR) is 81.0 cm³/mol. The monoisotopic (exact) mass is 281 g/mol. The lowest BCUT2D eigenvalue weighted by Gasteiger charge is -2.44. The molecule has 2 atom stereocenters. The summed E-state index contributed by atoms with van der Waals surface area (Å²) >= 11 is 0. The Bertz CT molecular complexity index is 277. The summed E-state index contributed by atoms with van der Waals surface area (Å²) in [4.78, 5) is 0. The molecule has 0 aromatic carbocycles. The largest absolute Gasteiger partial charge is 0.378 e. The molecule has 3 nitrogen and oxygen atoms in total. The second-order valence-corrected chi connectivity index (χ2v) is 7.01. The van der Waals surface area contributed by atoms with Crippen molar-refractivity contribution in [1.82, 2.24) is 5.32 Å². The summed E-state index contributed by atoms with van der Waals surface area (Å²) in [5.74, 6) is 0. The summed E-state index contributed by atoms with van der Waals surface area (Å²) in [6, 6.07) is 0.672. The van der Waals surface area contributed by atoms with Gasteiger partial charge in [-0.25, -0.2) is 0 Å². The lowest BCUT2D eigenvalue weighted by atomic mass is 9.78. The van der Waals surface area contributed by atoms with Gasteiger partial charge in [0, 0.05) is 19.3 Å². The second kappa shape index (κ2) is 7.24. The van der Waals surface area contributed by atoms with Crippen molar-refractivity contribution in [1.29, 1.82) is 0 Å². The molecule has 116 valence electrons. The van der Waals surface area contributed by atoms with Gasteiger partial charge < -0.3 is 14.8 Å². The topological polar surface area (TPSA) is 30.5 Å². The van der Waals surface area contributed by atoms with Crippen LogP contribution in [0.15, 0.2) is 0 Å². The molecule has 1 N–H and O–H groups in total. The van der Waals surface area contributed by atoms with Crippen molar-refractivity contribution in [3.05, 3.63) is 0 Å². The molecular weight excluding hydrogens is 250 g/mol. The summed E-state index contributed by atoms with van der Waals surface area (Å²) in [6.07, 6.45) is 14.7. The highest BCUT2D eigenvalue weighted by atomic mass is 16.5. The van der Waals surface area contributed by atoms with E-state index in [2.05, 4.69) is 5.32 Å². The molecule has 2 heterocycles. The Hall–Kier alpha value is -0.120.